The van der Waals surface area contributed by atoms with Gasteiger partial charge in [0.05, 0.1) is 10.0 Å². The first-order valence-corrected chi connectivity index (χ1v) is 4.47. The Hall–Kier alpha value is -0.440. The Kier molecular flexibility index (Phi) is 3.42. The zero-order valence-corrected chi connectivity index (χ0v) is 8.87. The highest BCUT2D eigenvalue weighted by atomic mass is 35.5. The molecular weight excluding hydrogens is 234 g/mol. The molecule has 0 aromatic heterocycles. The van der Waals surface area contributed by atoms with Gasteiger partial charge in [-0.3, -0.25) is 4.79 Å². The van der Waals surface area contributed by atoms with Gasteiger partial charge >= 0.3 is 5.97 Å². The molecule has 0 spiro atoms. The highest BCUT2D eigenvalue weighted by Crippen LogP contribution is 2.37. The third-order valence-corrected chi connectivity index (χ3v) is 2.33. The molecule has 0 aliphatic carbocycles. The topological polar surface area (TPSA) is 26.3 Å². The van der Waals surface area contributed by atoms with Crippen LogP contribution in [-0.2, 0) is 4.79 Å². The average molecular weight is 239 g/mol. The first-order chi connectivity index (χ1) is 6.02. The molecule has 2 nitrogen and oxygen atoms in total. The number of carbonyl (C=O) groups excluding carboxylic acids is 1. The molecule has 1 rings (SSSR count). The molecule has 0 N–H and O–H groups in total. The van der Waals surface area contributed by atoms with Gasteiger partial charge in [0.2, 0.25) is 0 Å². The van der Waals surface area contributed by atoms with Crippen molar-refractivity contribution < 1.29 is 9.53 Å². The lowest BCUT2D eigenvalue weighted by Gasteiger charge is -2.06. The Labute approximate surface area is 90.3 Å². The molecule has 0 saturated heterocycles. The molecule has 0 aliphatic heterocycles. The molecule has 0 heterocycles. The first kappa shape index (κ1) is 10.6. The van der Waals surface area contributed by atoms with Crippen LogP contribution < -0.4 is 4.74 Å². The molecule has 0 saturated carbocycles. The van der Waals surface area contributed by atoms with Gasteiger partial charge in [-0.25, -0.2) is 0 Å². The summed E-state index contributed by atoms with van der Waals surface area (Å²) in [5.41, 5.74) is 0. The van der Waals surface area contributed by atoms with Crippen LogP contribution in [0.2, 0.25) is 15.1 Å². The SMILES string of the molecule is CC(=O)Oc1c(Cl)ccc(Cl)c1Cl. The Bertz CT molecular complexity index is 349. The van der Waals surface area contributed by atoms with Crippen LogP contribution in [0.3, 0.4) is 0 Å². The number of hydrogen-bond donors (Lipinski definition) is 0. The van der Waals surface area contributed by atoms with Crippen LogP contribution in [0.1, 0.15) is 6.92 Å². The molecule has 0 fully saturated rings. The molecule has 0 aliphatic rings. The molecule has 0 unspecified atom stereocenters. The van der Waals surface area contributed by atoms with Crippen LogP contribution in [0.25, 0.3) is 0 Å². The fourth-order valence-electron chi connectivity index (χ4n) is 0.746. The summed E-state index contributed by atoms with van der Waals surface area (Å²) in [4.78, 5) is 10.6. The van der Waals surface area contributed by atoms with E-state index in [2.05, 4.69) is 0 Å². The van der Waals surface area contributed by atoms with E-state index in [9.17, 15) is 4.79 Å². The number of benzene rings is 1. The van der Waals surface area contributed by atoms with Gasteiger partial charge in [0, 0.05) is 6.92 Å². The standard InChI is InChI=1S/C8H5Cl3O2/c1-4(12)13-8-6(10)3-2-5(9)7(8)11/h2-3H,1H3. The van der Waals surface area contributed by atoms with Gasteiger partial charge in [-0.15, -0.1) is 0 Å². The fourth-order valence-corrected chi connectivity index (χ4v) is 1.34. The van der Waals surface area contributed by atoms with Crippen LogP contribution in [0, 0.1) is 0 Å². The lowest BCUT2D eigenvalue weighted by molar-refractivity contribution is -0.131. The molecule has 0 atom stereocenters. The number of hydrogen-bond acceptors (Lipinski definition) is 2. The summed E-state index contributed by atoms with van der Waals surface area (Å²) >= 11 is 17.2. The Morgan fingerprint density at radius 3 is 2.31 bits per heavy atom. The summed E-state index contributed by atoms with van der Waals surface area (Å²) in [5, 5.41) is 0.691. The predicted octanol–water partition coefficient (Wildman–Crippen LogP) is 3.57. The van der Waals surface area contributed by atoms with Crippen LogP contribution in [0.15, 0.2) is 12.1 Å². The van der Waals surface area contributed by atoms with E-state index >= 15 is 0 Å². The van der Waals surface area contributed by atoms with Crippen LogP contribution >= 0.6 is 34.8 Å². The Balaban J connectivity index is 3.17. The zero-order chi connectivity index (χ0) is 10.0. The third kappa shape index (κ3) is 2.50. The van der Waals surface area contributed by atoms with Crippen molar-refractivity contribution in [3.63, 3.8) is 0 Å². The normalized spacial score (nSPS) is 9.85. The number of ether oxygens (including phenoxy) is 1. The minimum absolute atomic E-state index is 0.100. The third-order valence-electron chi connectivity index (χ3n) is 1.25. The van der Waals surface area contributed by atoms with Crippen molar-refractivity contribution in [2.45, 2.75) is 6.92 Å². The van der Waals surface area contributed by atoms with Gasteiger partial charge in [-0.05, 0) is 12.1 Å². The number of carbonyl (C=O) groups is 1. The van der Waals surface area contributed by atoms with Crippen molar-refractivity contribution in [3.8, 4) is 5.75 Å². The van der Waals surface area contributed by atoms with Gasteiger partial charge in [-0.2, -0.15) is 0 Å². The summed E-state index contributed by atoms with van der Waals surface area (Å²) in [6.45, 7) is 1.26. The monoisotopic (exact) mass is 238 g/mol. The van der Waals surface area contributed by atoms with E-state index in [4.69, 9.17) is 39.5 Å². The molecule has 0 amide bonds. The molecule has 1 aromatic rings. The molecule has 0 radical (unpaired) electrons. The van der Waals surface area contributed by atoms with Crippen LogP contribution in [-0.4, -0.2) is 5.97 Å². The first-order valence-electron chi connectivity index (χ1n) is 3.34. The van der Waals surface area contributed by atoms with Crippen molar-refractivity contribution in [1.82, 2.24) is 0 Å². The predicted molar refractivity (Wildman–Crippen MR) is 52.8 cm³/mol. The van der Waals surface area contributed by atoms with E-state index in [0.29, 0.717) is 5.02 Å². The fraction of sp³-hybridized carbons (Fsp3) is 0.125. The van der Waals surface area contributed by atoms with E-state index in [1.807, 2.05) is 0 Å². The van der Waals surface area contributed by atoms with Gasteiger partial charge in [-0.1, -0.05) is 34.8 Å². The average Bonchev–Trinajstić information content (AvgIpc) is 2.05. The van der Waals surface area contributed by atoms with Crippen molar-refractivity contribution in [3.05, 3.63) is 27.2 Å². The summed E-state index contributed by atoms with van der Waals surface area (Å²) < 4.78 is 4.77. The van der Waals surface area contributed by atoms with Gasteiger partial charge in [0.15, 0.2) is 5.75 Å². The summed E-state index contributed by atoms with van der Waals surface area (Å²) in [5.74, 6) is -0.394. The minimum Gasteiger partial charge on any atom is -0.423 e. The van der Waals surface area contributed by atoms with Crippen LogP contribution in [0.4, 0.5) is 0 Å². The smallest absolute Gasteiger partial charge is 0.308 e. The number of halogens is 3. The Morgan fingerprint density at radius 1 is 1.23 bits per heavy atom. The highest BCUT2D eigenvalue weighted by Gasteiger charge is 2.12. The molecule has 0 bridgehead atoms. The molecule has 70 valence electrons. The largest absolute Gasteiger partial charge is 0.423 e. The Morgan fingerprint density at radius 2 is 1.77 bits per heavy atom. The quantitative estimate of drug-likeness (QED) is 0.425. The molecular formula is C8H5Cl3O2. The van der Waals surface area contributed by atoms with Crippen molar-refractivity contribution in [2.24, 2.45) is 0 Å². The maximum Gasteiger partial charge on any atom is 0.308 e. The lowest BCUT2D eigenvalue weighted by Crippen LogP contribution is -2.02. The summed E-state index contributed by atoms with van der Waals surface area (Å²) in [7, 11) is 0. The molecule has 5 heteroatoms. The van der Waals surface area contributed by atoms with Crippen molar-refractivity contribution in [2.75, 3.05) is 0 Å². The minimum atomic E-state index is -0.494. The maximum absolute atomic E-state index is 10.6. The van der Waals surface area contributed by atoms with E-state index in [1.165, 1.54) is 19.1 Å². The second-order valence-electron chi connectivity index (χ2n) is 2.27. The van der Waals surface area contributed by atoms with Gasteiger partial charge < -0.3 is 4.74 Å². The maximum atomic E-state index is 10.6. The lowest BCUT2D eigenvalue weighted by atomic mass is 10.3. The van der Waals surface area contributed by atoms with Crippen molar-refractivity contribution in [1.29, 1.82) is 0 Å². The summed E-state index contributed by atoms with van der Waals surface area (Å²) in [6, 6.07) is 3.03. The molecule has 1 aromatic carbocycles. The van der Waals surface area contributed by atoms with Gasteiger partial charge in [0.1, 0.15) is 5.02 Å². The van der Waals surface area contributed by atoms with Gasteiger partial charge in [0.25, 0.3) is 0 Å². The summed E-state index contributed by atoms with van der Waals surface area (Å²) in [6.07, 6.45) is 0. The molecule has 13 heavy (non-hydrogen) atoms. The highest BCUT2D eigenvalue weighted by molar-refractivity contribution is 6.44. The number of rotatable bonds is 1. The van der Waals surface area contributed by atoms with Crippen molar-refractivity contribution >= 4 is 40.8 Å². The van der Waals surface area contributed by atoms with E-state index in [0.717, 1.165) is 0 Å². The second kappa shape index (κ2) is 4.18. The second-order valence-corrected chi connectivity index (χ2v) is 3.46. The number of esters is 1. The zero-order valence-electron chi connectivity index (χ0n) is 6.61. The van der Waals surface area contributed by atoms with E-state index in [-0.39, 0.29) is 15.8 Å². The van der Waals surface area contributed by atoms with E-state index < -0.39 is 5.97 Å². The van der Waals surface area contributed by atoms with Crippen LogP contribution in [0.5, 0.6) is 5.75 Å². The van der Waals surface area contributed by atoms with E-state index in [1.54, 1.807) is 0 Å².